The molecule has 0 saturated carbocycles. The third-order valence-electron chi connectivity index (χ3n) is 3.66. The maximum Gasteiger partial charge on any atom is 0.407 e. The lowest BCUT2D eigenvalue weighted by molar-refractivity contribution is 0.414. The van der Waals surface area contributed by atoms with Gasteiger partial charge in [0.05, 0.1) is 18.9 Å². The summed E-state index contributed by atoms with van der Waals surface area (Å²) in [7, 11) is 1.60. The monoisotopic (exact) mass is 362 g/mol. The van der Waals surface area contributed by atoms with Crippen LogP contribution in [0.2, 0.25) is 5.02 Å². The first-order chi connectivity index (χ1) is 11.7. The Bertz CT molecular complexity index is 703. The average molecular weight is 363 g/mol. The SMILES string of the molecule is CCN(CCCSc1ccccc1)c1cc(Cl)c([N+]#N)cc1OC. The third kappa shape index (κ3) is 4.80. The number of ether oxygens (including phenoxy) is 1. The zero-order chi connectivity index (χ0) is 17.4. The maximum absolute atomic E-state index is 8.98. The Morgan fingerprint density at radius 3 is 2.62 bits per heavy atom. The molecule has 0 saturated heterocycles. The van der Waals surface area contributed by atoms with Crippen LogP contribution in [0.3, 0.4) is 0 Å². The fourth-order valence-corrected chi connectivity index (χ4v) is 3.48. The summed E-state index contributed by atoms with van der Waals surface area (Å²) in [5.41, 5.74) is 1.23. The molecule has 0 atom stereocenters. The van der Waals surface area contributed by atoms with Crippen LogP contribution in [-0.4, -0.2) is 26.0 Å². The minimum Gasteiger partial charge on any atom is -0.494 e. The van der Waals surface area contributed by atoms with Gasteiger partial charge < -0.3 is 9.64 Å². The van der Waals surface area contributed by atoms with Crippen LogP contribution in [0, 0.1) is 5.39 Å². The summed E-state index contributed by atoms with van der Waals surface area (Å²) < 4.78 is 5.42. The van der Waals surface area contributed by atoms with Crippen molar-refractivity contribution in [2.75, 3.05) is 30.9 Å². The molecule has 0 aromatic heterocycles. The molecule has 0 aliphatic carbocycles. The summed E-state index contributed by atoms with van der Waals surface area (Å²) in [4.78, 5) is 6.69. The van der Waals surface area contributed by atoms with Crippen LogP contribution in [0.15, 0.2) is 47.4 Å². The molecule has 0 fully saturated rings. The molecule has 6 heteroatoms. The van der Waals surface area contributed by atoms with E-state index >= 15 is 0 Å². The average Bonchev–Trinajstić information content (AvgIpc) is 2.62. The van der Waals surface area contributed by atoms with Gasteiger partial charge in [0.2, 0.25) is 5.39 Å². The number of halogens is 1. The Kier molecular flexibility index (Phi) is 7.23. The van der Waals surface area contributed by atoms with Crippen molar-refractivity contribution >= 4 is 34.7 Å². The number of hydrogen-bond donors (Lipinski definition) is 0. The van der Waals surface area contributed by atoms with Gasteiger partial charge in [-0.1, -0.05) is 29.8 Å². The number of benzene rings is 2. The molecule has 0 bridgehead atoms. The summed E-state index contributed by atoms with van der Waals surface area (Å²) in [6.07, 6.45) is 1.04. The lowest BCUT2D eigenvalue weighted by atomic mass is 10.2. The molecule has 0 heterocycles. The van der Waals surface area contributed by atoms with Gasteiger partial charge >= 0.3 is 5.69 Å². The first-order valence-corrected chi connectivity index (χ1v) is 9.21. The van der Waals surface area contributed by atoms with Crippen LogP contribution in [0.4, 0.5) is 11.4 Å². The fraction of sp³-hybridized carbons (Fsp3) is 0.333. The van der Waals surface area contributed by atoms with Gasteiger partial charge in [-0.2, -0.15) is 0 Å². The number of diazo groups is 1. The molecule has 2 aromatic carbocycles. The van der Waals surface area contributed by atoms with Gasteiger partial charge in [-0.3, -0.25) is 0 Å². The summed E-state index contributed by atoms with van der Waals surface area (Å²) in [5, 5.41) is 9.38. The minimum atomic E-state index is 0.313. The van der Waals surface area contributed by atoms with Crippen molar-refractivity contribution in [1.29, 1.82) is 5.39 Å². The van der Waals surface area contributed by atoms with E-state index in [1.54, 1.807) is 19.2 Å². The van der Waals surface area contributed by atoms with Crippen molar-refractivity contribution in [1.82, 2.24) is 0 Å². The van der Waals surface area contributed by atoms with Crippen molar-refractivity contribution in [3.63, 3.8) is 0 Å². The Morgan fingerprint density at radius 2 is 2.00 bits per heavy atom. The van der Waals surface area contributed by atoms with Crippen LogP contribution in [0.5, 0.6) is 5.75 Å². The van der Waals surface area contributed by atoms with E-state index in [0.29, 0.717) is 16.5 Å². The second-order valence-corrected chi connectivity index (χ2v) is 6.75. The highest BCUT2D eigenvalue weighted by atomic mass is 35.5. The first-order valence-electron chi connectivity index (χ1n) is 7.85. The van der Waals surface area contributed by atoms with E-state index in [2.05, 4.69) is 41.1 Å². The molecular formula is C18H21ClN3OS+. The molecule has 4 nitrogen and oxygen atoms in total. The van der Waals surface area contributed by atoms with Crippen molar-refractivity contribution in [2.45, 2.75) is 18.2 Å². The van der Waals surface area contributed by atoms with Gasteiger partial charge in [0.1, 0.15) is 10.8 Å². The molecule has 0 aliphatic rings. The minimum absolute atomic E-state index is 0.313. The summed E-state index contributed by atoms with van der Waals surface area (Å²) in [6.45, 7) is 3.85. The lowest BCUT2D eigenvalue weighted by Crippen LogP contribution is -2.24. The second-order valence-electron chi connectivity index (χ2n) is 5.17. The Labute approximate surface area is 152 Å². The largest absolute Gasteiger partial charge is 0.494 e. The quantitative estimate of drug-likeness (QED) is 0.336. The Balaban J connectivity index is 2.00. The molecule has 2 aromatic rings. The van der Waals surface area contributed by atoms with Crippen molar-refractivity contribution in [3.8, 4) is 5.75 Å². The van der Waals surface area contributed by atoms with Gasteiger partial charge in [-0.15, -0.1) is 11.8 Å². The van der Waals surface area contributed by atoms with Crippen LogP contribution >= 0.6 is 23.4 Å². The zero-order valence-corrected chi connectivity index (χ0v) is 15.5. The topological polar surface area (TPSA) is 40.6 Å². The molecule has 24 heavy (non-hydrogen) atoms. The number of hydrogen-bond acceptors (Lipinski definition) is 4. The van der Waals surface area contributed by atoms with Gasteiger partial charge in [-0.25, -0.2) is 0 Å². The van der Waals surface area contributed by atoms with Crippen LogP contribution in [-0.2, 0) is 0 Å². The number of methoxy groups -OCH3 is 1. The molecule has 126 valence electrons. The number of thioether (sulfide) groups is 1. The highest BCUT2D eigenvalue weighted by Crippen LogP contribution is 2.38. The van der Waals surface area contributed by atoms with E-state index in [0.717, 1.165) is 31.0 Å². The predicted octanol–water partition coefficient (Wildman–Crippen LogP) is 5.84. The molecule has 0 aliphatic heterocycles. The van der Waals surface area contributed by atoms with Crippen molar-refractivity contribution in [2.24, 2.45) is 0 Å². The predicted molar refractivity (Wildman–Crippen MR) is 102 cm³/mol. The van der Waals surface area contributed by atoms with Crippen molar-refractivity contribution < 1.29 is 4.74 Å². The van der Waals surface area contributed by atoms with E-state index in [9.17, 15) is 0 Å². The molecule has 0 N–H and O–H groups in total. The van der Waals surface area contributed by atoms with E-state index in [1.807, 2.05) is 17.8 Å². The van der Waals surface area contributed by atoms with E-state index < -0.39 is 0 Å². The van der Waals surface area contributed by atoms with Crippen LogP contribution in [0.1, 0.15) is 13.3 Å². The standard InChI is InChI=1S/C18H21ClN3OS/c1-3-22(10-7-11-24-14-8-5-4-6-9-14)17-12-15(19)16(21-20)13-18(17)23-2/h4-6,8-9,12-13H,3,7,10-11H2,1-2H3/q+1. The number of anilines is 1. The molecule has 0 spiro atoms. The van der Waals surface area contributed by atoms with Gasteiger partial charge in [-0.05, 0) is 37.3 Å². The third-order valence-corrected chi connectivity index (χ3v) is 5.06. The normalized spacial score (nSPS) is 10.2. The summed E-state index contributed by atoms with van der Waals surface area (Å²) >= 11 is 8.02. The Morgan fingerprint density at radius 1 is 1.25 bits per heavy atom. The highest BCUT2D eigenvalue weighted by Gasteiger charge is 2.20. The zero-order valence-electron chi connectivity index (χ0n) is 13.9. The van der Waals surface area contributed by atoms with Crippen LogP contribution < -0.4 is 9.64 Å². The molecule has 0 unspecified atom stereocenters. The molecule has 2 rings (SSSR count). The number of nitrogens with zero attached hydrogens (tertiary/aromatic N) is 3. The molecular weight excluding hydrogens is 342 g/mol. The Hall–Kier alpha value is -1.90. The maximum atomic E-state index is 8.98. The second kappa shape index (κ2) is 9.41. The fourth-order valence-electron chi connectivity index (χ4n) is 2.43. The molecule has 0 amide bonds. The summed E-state index contributed by atoms with van der Waals surface area (Å²) in [5.74, 6) is 1.70. The highest BCUT2D eigenvalue weighted by molar-refractivity contribution is 7.99. The van der Waals surface area contributed by atoms with Crippen molar-refractivity contribution in [3.05, 3.63) is 52.5 Å². The van der Waals surface area contributed by atoms with Gasteiger partial charge in [0, 0.05) is 18.0 Å². The van der Waals surface area contributed by atoms with E-state index in [-0.39, 0.29) is 0 Å². The number of rotatable bonds is 8. The van der Waals surface area contributed by atoms with E-state index in [1.165, 1.54) is 4.90 Å². The van der Waals surface area contributed by atoms with Crippen LogP contribution in [0.25, 0.3) is 4.98 Å². The summed E-state index contributed by atoms with van der Waals surface area (Å²) in [6, 6.07) is 13.8. The lowest BCUT2D eigenvalue weighted by Gasteiger charge is -2.24. The molecule has 0 radical (unpaired) electrons. The van der Waals surface area contributed by atoms with E-state index in [4.69, 9.17) is 21.7 Å². The first kappa shape index (κ1) is 18.4. The van der Waals surface area contributed by atoms with Gasteiger partial charge in [0.25, 0.3) is 0 Å². The smallest absolute Gasteiger partial charge is 0.407 e. The van der Waals surface area contributed by atoms with Gasteiger partial charge in [0.15, 0.2) is 4.98 Å².